The SMILES string of the molecule is O=C(O)c1ccc(Cc2cc3cc(C(=O)N(Br)Cc4ccccc4)ccc3[nH]c2=O)cc1. The Morgan fingerprint density at radius 3 is 2.25 bits per heavy atom. The number of fused-ring (bicyclic) bond motifs is 1. The summed E-state index contributed by atoms with van der Waals surface area (Å²) < 4.78 is 1.47. The Hall–Kier alpha value is -3.71. The third-order valence-electron chi connectivity index (χ3n) is 5.15. The Balaban J connectivity index is 1.59. The lowest BCUT2D eigenvalue weighted by atomic mass is 10.0. The molecule has 0 saturated heterocycles. The summed E-state index contributed by atoms with van der Waals surface area (Å²) in [4.78, 5) is 39.3. The smallest absolute Gasteiger partial charge is 0.335 e. The minimum absolute atomic E-state index is 0.187. The number of benzene rings is 3. The summed E-state index contributed by atoms with van der Waals surface area (Å²) >= 11 is 3.35. The number of carbonyl (C=O) groups is 2. The van der Waals surface area contributed by atoms with E-state index >= 15 is 0 Å². The number of rotatable bonds is 6. The van der Waals surface area contributed by atoms with Crippen LogP contribution in [0.1, 0.15) is 37.4 Å². The molecule has 3 aromatic carbocycles. The van der Waals surface area contributed by atoms with Crippen molar-refractivity contribution in [1.29, 1.82) is 0 Å². The molecular formula is C25H19BrN2O4. The van der Waals surface area contributed by atoms with Crippen molar-refractivity contribution in [2.45, 2.75) is 13.0 Å². The number of aromatic carboxylic acids is 1. The van der Waals surface area contributed by atoms with Crippen molar-refractivity contribution in [1.82, 2.24) is 8.91 Å². The zero-order chi connectivity index (χ0) is 22.7. The second-order valence-electron chi connectivity index (χ2n) is 7.42. The van der Waals surface area contributed by atoms with Gasteiger partial charge in [0, 0.05) is 23.1 Å². The molecule has 4 rings (SSSR count). The Morgan fingerprint density at radius 1 is 0.875 bits per heavy atom. The molecule has 1 aromatic heterocycles. The maximum atomic E-state index is 12.9. The lowest BCUT2D eigenvalue weighted by Gasteiger charge is -2.15. The van der Waals surface area contributed by atoms with E-state index in [9.17, 15) is 14.4 Å². The van der Waals surface area contributed by atoms with E-state index < -0.39 is 5.97 Å². The highest BCUT2D eigenvalue weighted by Crippen LogP contribution is 2.19. The number of aromatic amines is 1. The van der Waals surface area contributed by atoms with Gasteiger partial charge in [-0.05, 0) is 52.9 Å². The van der Waals surface area contributed by atoms with Crippen molar-refractivity contribution in [3.8, 4) is 0 Å². The number of aromatic nitrogens is 1. The van der Waals surface area contributed by atoms with E-state index in [1.54, 1.807) is 36.4 Å². The van der Waals surface area contributed by atoms with Gasteiger partial charge in [-0.15, -0.1) is 0 Å². The standard InChI is InChI=1S/C25H19BrN2O4/c26-28(15-17-4-2-1-3-5-17)24(30)19-10-11-22-20(13-19)14-21(23(29)27-22)12-16-6-8-18(9-7-16)25(31)32/h1-11,13-14H,12,15H2,(H,27,29)(H,31,32). The molecule has 4 aromatic rings. The largest absolute Gasteiger partial charge is 0.478 e. The number of nitrogens with one attached hydrogen (secondary N) is 1. The summed E-state index contributed by atoms with van der Waals surface area (Å²) in [5, 5.41) is 9.77. The van der Waals surface area contributed by atoms with Crippen molar-refractivity contribution >= 4 is 38.9 Å². The number of carboxylic acids is 1. The van der Waals surface area contributed by atoms with Gasteiger partial charge < -0.3 is 10.1 Å². The topological polar surface area (TPSA) is 90.5 Å². The van der Waals surface area contributed by atoms with E-state index in [2.05, 4.69) is 21.1 Å². The fourth-order valence-corrected chi connectivity index (χ4v) is 3.95. The van der Waals surface area contributed by atoms with Crippen LogP contribution in [-0.2, 0) is 13.0 Å². The average molecular weight is 491 g/mol. The van der Waals surface area contributed by atoms with Gasteiger partial charge in [0.15, 0.2) is 0 Å². The monoisotopic (exact) mass is 490 g/mol. The van der Waals surface area contributed by atoms with Gasteiger partial charge in [0.05, 0.1) is 28.3 Å². The molecule has 6 nitrogen and oxygen atoms in total. The molecule has 0 spiro atoms. The lowest BCUT2D eigenvalue weighted by molar-refractivity contribution is 0.0696. The molecular weight excluding hydrogens is 472 g/mol. The van der Waals surface area contributed by atoms with Crippen LogP contribution in [0, 0.1) is 0 Å². The quantitative estimate of drug-likeness (QED) is 0.381. The Morgan fingerprint density at radius 2 is 1.56 bits per heavy atom. The van der Waals surface area contributed by atoms with Gasteiger partial charge in [-0.25, -0.2) is 4.79 Å². The fraction of sp³-hybridized carbons (Fsp3) is 0.0800. The zero-order valence-corrected chi connectivity index (χ0v) is 18.5. The van der Waals surface area contributed by atoms with Crippen LogP contribution in [0.4, 0.5) is 0 Å². The number of halogens is 1. The molecule has 1 heterocycles. The highest BCUT2D eigenvalue weighted by atomic mass is 79.9. The normalized spacial score (nSPS) is 10.8. The van der Waals surface area contributed by atoms with Crippen LogP contribution in [0.15, 0.2) is 83.7 Å². The lowest BCUT2D eigenvalue weighted by Crippen LogP contribution is -2.20. The van der Waals surface area contributed by atoms with Crippen molar-refractivity contribution in [2.75, 3.05) is 0 Å². The first-order valence-corrected chi connectivity index (χ1v) is 10.6. The third kappa shape index (κ3) is 4.78. The van der Waals surface area contributed by atoms with E-state index in [1.165, 1.54) is 16.1 Å². The van der Waals surface area contributed by atoms with E-state index in [0.717, 1.165) is 16.5 Å². The Labute approximate surface area is 192 Å². The Bertz CT molecular complexity index is 1350. The van der Waals surface area contributed by atoms with Gasteiger partial charge in [-0.2, -0.15) is 0 Å². The maximum Gasteiger partial charge on any atom is 0.335 e. The molecule has 160 valence electrons. The predicted octanol–water partition coefficient (Wildman–Crippen LogP) is 4.77. The summed E-state index contributed by atoms with van der Waals surface area (Å²) in [5.74, 6) is -1.18. The maximum absolute atomic E-state index is 12.9. The molecule has 0 fully saturated rings. The first-order chi connectivity index (χ1) is 15.4. The number of amides is 1. The van der Waals surface area contributed by atoms with Crippen molar-refractivity contribution in [2.24, 2.45) is 0 Å². The summed E-state index contributed by atoms with van der Waals surface area (Å²) in [6.07, 6.45) is 0.349. The second-order valence-corrected chi connectivity index (χ2v) is 8.27. The number of hydrogen-bond donors (Lipinski definition) is 2. The first-order valence-electron chi connectivity index (χ1n) is 9.90. The van der Waals surface area contributed by atoms with Crippen molar-refractivity contribution in [3.63, 3.8) is 0 Å². The van der Waals surface area contributed by atoms with E-state index in [-0.39, 0.29) is 17.0 Å². The second kappa shape index (κ2) is 9.20. The molecule has 2 N–H and O–H groups in total. The van der Waals surface area contributed by atoms with Gasteiger partial charge in [0.2, 0.25) is 0 Å². The Kier molecular flexibility index (Phi) is 6.18. The molecule has 0 radical (unpaired) electrons. The highest BCUT2D eigenvalue weighted by Gasteiger charge is 2.15. The number of carbonyl (C=O) groups excluding carboxylic acids is 1. The van der Waals surface area contributed by atoms with Gasteiger partial charge in [-0.1, -0.05) is 42.5 Å². The number of pyridine rings is 1. The van der Waals surface area contributed by atoms with Crippen molar-refractivity contribution in [3.05, 3.63) is 117 Å². The van der Waals surface area contributed by atoms with Gasteiger partial charge >= 0.3 is 5.97 Å². The number of hydrogen-bond acceptors (Lipinski definition) is 3. The average Bonchev–Trinajstić information content (AvgIpc) is 2.80. The van der Waals surface area contributed by atoms with Crippen LogP contribution in [-0.4, -0.2) is 25.9 Å². The van der Waals surface area contributed by atoms with Crippen LogP contribution in [0.5, 0.6) is 0 Å². The molecule has 0 saturated carbocycles. The van der Waals surface area contributed by atoms with Gasteiger partial charge in [0.1, 0.15) is 0 Å². The minimum atomic E-state index is -0.995. The number of H-pyrrole nitrogens is 1. The summed E-state index contributed by atoms with van der Waals surface area (Å²) in [7, 11) is 0. The molecule has 0 aliphatic rings. The van der Waals surface area contributed by atoms with Crippen LogP contribution in [0.3, 0.4) is 0 Å². The molecule has 0 bridgehead atoms. The predicted molar refractivity (Wildman–Crippen MR) is 126 cm³/mol. The fourth-order valence-electron chi connectivity index (χ4n) is 3.46. The highest BCUT2D eigenvalue weighted by molar-refractivity contribution is 9.07. The third-order valence-corrected chi connectivity index (χ3v) is 5.72. The first kappa shape index (κ1) is 21.5. The van der Waals surface area contributed by atoms with Gasteiger partial charge in [-0.3, -0.25) is 13.5 Å². The number of carboxylic acid groups (broad SMARTS) is 1. The summed E-state index contributed by atoms with van der Waals surface area (Å²) in [5.41, 5.74) is 3.46. The molecule has 0 aliphatic carbocycles. The molecule has 0 atom stereocenters. The van der Waals surface area contributed by atoms with Gasteiger partial charge in [0.25, 0.3) is 11.5 Å². The van der Waals surface area contributed by atoms with E-state index in [1.807, 2.05) is 30.3 Å². The number of nitrogens with zero attached hydrogens (tertiary/aromatic N) is 1. The van der Waals surface area contributed by atoms with Crippen molar-refractivity contribution < 1.29 is 14.7 Å². The minimum Gasteiger partial charge on any atom is -0.478 e. The van der Waals surface area contributed by atoms with E-state index in [0.29, 0.717) is 29.6 Å². The summed E-state index contributed by atoms with van der Waals surface area (Å²) in [6.45, 7) is 0.418. The molecule has 0 unspecified atom stereocenters. The molecule has 32 heavy (non-hydrogen) atoms. The van der Waals surface area contributed by atoms with E-state index in [4.69, 9.17) is 5.11 Å². The summed E-state index contributed by atoms with van der Waals surface area (Å²) in [6, 6.07) is 23.0. The molecule has 7 heteroatoms. The molecule has 0 aliphatic heterocycles. The van der Waals surface area contributed by atoms with Crippen LogP contribution >= 0.6 is 16.1 Å². The molecule has 1 amide bonds. The zero-order valence-electron chi connectivity index (χ0n) is 16.9. The van der Waals surface area contributed by atoms with Crippen LogP contribution in [0.2, 0.25) is 0 Å². The van der Waals surface area contributed by atoms with Crippen LogP contribution < -0.4 is 5.56 Å². The van der Waals surface area contributed by atoms with Crippen LogP contribution in [0.25, 0.3) is 10.9 Å².